The third-order valence-corrected chi connectivity index (χ3v) is 4.13. The van der Waals surface area contributed by atoms with Gasteiger partial charge in [0.1, 0.15) is 0 Å². The molecule has 2 N–H and O–H groups in total. The second-order valence-corrected chi connectivity index (χ2v) is 5.89. The van der Waals surface area contributed by atoms with Crippen molar-refractivity contribution < 1.29 is 0 Å². The number of halogens is 2. The zero-order valence-corrected chi connectivity index (χ0v) is 12.5. The van der Waals surface area contributed by atoms with Crippen LogP contribution in [0.1, 0.15) is 11.1 Å². The molecule has 4 heteroatoms. The molecule has 2 aromatic carbocycles. The highest BCUT2D eigenvalue weighted by Gasteiger charge is 2.10. The Morgan fingerprint density at radius 3 is 1.67 bits per heavy atom. The monoisotopic (exact) mass is 313 g/mol. The van der Waals surface area contributed by atoms with Gasteiger partial charge in [0.15, 0.2) is 0 Å². The number of hydrogen-bond acceptors (Lipinski definition) is 0. The Kier molecular flexibility index (Phi) is 2.95. The maximum absolute atomic E-state index is 6.09. The molecule has 0 atom stereocenters. The number of aromatic nitrogens is 2. The first-order chi connectivity index (χ1) is 10.2. The van der Waals surface area contributed by atoms with E-state index in [1.807, 2.05) is 48.8 Å². The van der Waals surface area contributed by atoms with Gasteiger partial charge in [0, 0.05) is 50.7 Å². The van der Waals surface area contributed by atoms with Crippen LogP contribution < -0.4 is 0 Å². The van der Waals surface area contributed by atoms with Crippen LogP contribution in [-0.2, 0) is 0 Å². The molecule has 4 aromatic rings. The van der Waals surface area contributed by atoms with E-state index in [1.165, 1.54) is 0 Å². The van der Waals surface area contributed by atoms with Gasteiger partial charge in [0.2, 0.25) is 0 Å². The maximum Gasteiger partial charge on any atom is 0.0458 e. The molecule has 0 amide bonds. The van der Waals surface area contributed by atoms with Gasteiger partial charge in [-0.1, -0.05) is 23.2 Å². The molecular formula is C17H11Cl2N2. The lowest BCUT2D eigenvalue weighted by Crippen LogP contribution is -1.82. The van der Waals surface area contributed by atoms with Gasteiger partial charge in [-0.05, 0) is 47.5 Å². The van der Waals surface area contributed by atoms with Crippen LogP contribution in [0.25, 0.3) is 21.8 Å². The Bertz CT molecular complexity index is 872. The van der Waals surface area contributed by atoms with Gasteiger partial charge in [-0.25, -0.2) is 0 Å². The van der Waals surface area contributed by atoms with Gasteiger partial charge in [0.05, 0.1) is 0 Å². The van der Waals surface area contributed by atoms with Gasteiger partial charge >= 0.3 is 0 Å². The standard InChI is InChI=1S/C17H11Cl2N2/c18-12-1-3-16-14(6-12)10(8-20-16)5-11-9-21-17-4-2-13(19)7-15(11)17/h1-9,20-21H. The van der Waals surface area contributed by atoms with Crippen molar-refractivity contribution in [3.63, 3.8) is 0 Å². The molecule has 1 radical (unpaired) electrons. The molecule has 2 heterocycles. The van der Waals surface area contributed by atoms with Crippen molar-refractivity contribution in [2.24, 2.45) is 0 Å². The number of fused-ring (bicyclic) bond motifs is 2. The fourth-order valence-corrected chi connectivity index (χ4v) is 2.98. The highest BCUT2D eigenvalue weighted by molar-refractivity contribution is 6.31. The molecule has 4 rings (SSSR count). The first kappa shape index (κ1) is 12.8. The molecule has 2 aromatic heterocycles. The van der Waals surface area contributed by atoms with Crippen molar-refractivity contribution in [2.45, 2.75) is 0 Å². The molecule has 0 bridgehead atoms. The number of aromatic amines is 2. The Morgan fingerprint density at radius 1 is 0.714 bits per heavy atom. The summed E-state index contributed by atoms with van der Waals surface area (Å²) in [4.78, 5) is 6.52. The van der Waals surface area contributed by atoms with E-state index in [0.29, 0.717) is 0 Å². The van der Waals surface area contributed by atoms with Crippen LogP contribution in [-0.4, -0.2) is 9.97 Å². The van der Waals surface area contributed by atoms with Gasteiger partial charge in [0.25, 0.3) is 0 Å². The van der Waals surface area contributed by atoms with Crippen LogP contribution in [0, 0.1) is 6.42 Å². The summed E-state index contributed by atoms with van der Waals surface area (Å²) in [6.07, 6.45) is 6.11. The van der Waals surface area contributed by atoms with E-state index in [-0.39, 0.29) is 0 Å². The Balaban J connectivity index is 1.82. The summed E-state index contributed by atoms with van der Waals surface area (Å²) in [5.41, 5.74) is 4.36. The number of nitrogens with one attached hydrogen (secondary N) is 2. The molecule has 0 aliphatic rings. The number of rotatable bonds is 2. The highest BCUT2D eigenvalue weighted by atomic mass is 35.5. The number of hydrogen-bond donors (Lipinski definition) is 2. The average molecular weight is 314 g/mol. The fraction of sp³-hybridized carbons (Fsp3) is 0. The minimum Gasteiger partial charge on any atom is -0.361 e. The van der Waals surface area contributed by atoms with Gasteiger partial charge in [-0.2, -0.15) is 0 Å². The van der Waals surface area contributed by atoms with E-state index in [9.17, 15) is 0 Å². The molecule has 0 unspecified atom stereocenters. The quantitative estimate of drug-likeness (QED) is 0.486. The largest absolute Gasteiger partial charge is 0.361 e. The minimum atomic E-state index is 0.735. The summed E-state index contributed by atoms with van der Waals surface area (Å²) in [7, 11) is 0. The Hall–Kier alpha value is -1.90. The van der Waals surface area contributed by atoms with Crippen molar-refractivity contribution in [2.75, 3.05) is 0 Å². The molecule has 0 aliphatic carbocycles. The van der Waals surface area contributed by atoms with Crippen molar-refractivity contribution in [3.05, 3.63) is 76.4 Å². The summed E-state index contributed by atoms with van der Waals surface area (Å²) in [6, 6.07) is 11.7. The first-order valence-corrected chi connectivity index (χ1v) is 7.34. The summed E-state index contributed by atoms with van der Waals surface area (Å²) in [6.45, 7) is 0. The number of benzene rings is 2. The topological polar surface area (TPSA) is 31.6 Å². The van der Waals surface area contributed by atoms with Gasteiger partial charge in [-0.15, -0.1) is 0 Å². The summed E-state index contributed by atoms with van der Waals surface area (Å²) in [5.74, 6) is 0. The molecule has 0 saturated carbocycles. The van der Waals surface area contributed by atoms with Gasteiger partial charge in [-0.3, -0.25) is 0 Å². The zero-order chi connectivity index (χ0) is 14.4. The van der Waals surface area contributed by atoms with E-state index in [4.69, 9.17) is 23.2 Å². The van der Waals surface area contributed by atoms with Crippen LogP contribution in [0.3, 0.4) is 0 Å². The summed E-state index contributed by atoms with van der Waals surface area (Å²) >= 11 is 12.2. The van der Waals surface area contributed by atoms with E-state index in [1.54, 1.807) is 0 Å². The average Bonchev–Trinajstić information content (AvgIpc) is 3.04. The maximum atomic E-state index is 6.09. The van der Waals surface area contributed by atoms with E-state index in [0.717, 1.165) is 43.0 Å². The molecular weight excluding hydrogens is 303 g/mol. The zero-order valence-electron chi connectivity index (χ0n) is 11.0. The molecule has 0 saturated heterocycles. The lowest BCUT2D eigenvalue weighted by atomic mass is 10.0. The second-order valence-electron chi connectivity index (χ2n) is 5.01. The fourth-order valence-electron chi connectivity index (χ4n) is 2.64. The van der Waals surface area contributed by atoms with Gasteiger partial charge < -0.3 is 9.97 Å². The SMILES string of the molecule is Clc1ccc2[nH]cc([CH]c3c[nH]c4ccc(Cl)cc34)c2c1. The van der Waals surface area contributed by atoms with Crippen LogP contribution in [0.15, 0.2) is 48.8 Å². The predicted molar refractivity (Wildman–Crippen MR) is 89.1 cm³/mol. The van der Waals surface area contributed by atoms with Crippen LogP contribution >= 0.6 is 23.2 Å². The summed E-state index contributed by atoms with van der Waals surface area (Å²) in [5, 5.41) is 3.69. The Morgan fingerprint density at radius 2 is 1.19 bits per heavy atom. The van der Waals surface area contributed by atoms with Crippen molar-refractivity contribution >= 4 is 45.0 Å². The molecule has 2 nitrogen and oxygen atoms in total. The summed E-state index contributed by atoms with van der Waals surface area (Å²) < 4.78 is 0. The first-order valence-electron chi connectivity index (χ1n) is 6.59. The van der Waals surface area contributed by atoms with Crippen LogP contribution in [0.5, 0.6) is 0 Å². The normalized spacial score (nSPS) is 11.5. The van der Waals surface area contributed by atoms with Crippen molar-refractivity contribution in [3.8, 4) is 0 Å². The molecule has 0 spiro atoms. The molecule has 21 heavy (non-hydrogen) atoms. The van der Waals surface area contributed by atoms with Crippen molar-refractivity contribution in [1.29, 1.82) is 0 Å². The molecule has 0 aliphatic heterocycles. The van der Waals surface area contributed by atoms with Crippen molar-refractivity contribution in [1.82, 2.24) is 9.97 Å². The second kappa shape index (κ2) is 4.83. The molecule has 103 valence electrons. The Labute approximate surface area is 131 Å². The third-order valence-electron chi connectivity index (χ3n) is 3.66. The lowest BCUT2D eigenvalue weighted by Gasteiger charge is -2.00. The van der Waals surface area contributed by atoms with E-state index >= 15 is 0 Å². The third kappa shape index (κ3) is 2.21. The molecule has 0 fully saturated rings. The predicted octanol–water partition coefficient (Wildman–Crippen LogP) is 5.56. The lowest BCUT2D eigenvalue weighted by molar-refractivity contribution is 1.41. The van der Waals surface area contributed by atoms with Crippen LogP contribution in [0.4, 0.5) is 0 Å². The number of H-pyrrole nitrogens is 2. The highest BCUT2D eigenvalue weighted by Crippen LogP contribution is 2.29. The smallest absolute Gasteiger partial charge is 0.0458 e. The van der Waals surface area contributed by atoms with E-state index < -0.39 is 0 Å². The van der Waals surface area contributed by atoms with E-state index in [2.05, 4.69) is 16.4 Å². The van der Waals surface area contributed by atoms with Crippen LogP contribution in [0.2, 0.25) is 10.0 Å². The minimum absolute atomic E-state index is 0.735.